The zero-order chi connectivity index (χ0) is 13.3. The van der Waals surface area contributed by atoms with Crippen LogP contribution in [0.1, 0.15) is 25.3 Å². The van der Waals surface area contributed by atoms with Gasteiger partial charge in [-0.25, -0.2) is 4.98 Å². The van der Waals surface area contributed by atoms with Crippen molar-refractivity contribution in [1.82, 2.24) is 4.98 Å². The fourth-order valence-electron chi connectivity index (χ4n) is 1.67. The molecule has 1 aromatic heterocycles. The summed E-state index contributed by atoms with van der Waals surface area (Å²) in [5.74, 6) is 0. The van der Waals surface area contributed by atoms with E-state index in [4.69, 9.17) is 5.73 Å². The molecule has 0 bridgehead atoms. The lowest BCUT2D eigenvalue weighted by Crippen LogP contribution is -2.32. The van der Waals surface area contributed by atoms with Gasteiger partial charge in [0.15, 0.2) is 0 Å². The first kappa shape index (κ1) is 13.1. The molecule has 0 amide bonds. The van der Waals surface area contributed by atoms with Crippen molar-refractivity contribution in [3.8, 4) is 0 Å². The van der Waals surface area contributed by atoms with E-state index in [0.717, 1.165) is 20.9 Å². The first-order valence-electron chi connectivity index (χ1n) is 6.04. The number of thiazole rings is 1. The molecule has 1 aromatic carbocycles. The highest BCUT2D eigenvalue weighted by Gasteiger charge is 2.17. The van der Waals surface area contributed by atoms with E-state index < -0.39 is 5.60 Å². The Labute approximate surface area is 111 Å². The summed E-state index contributed by atoms with van der Waals surface area (Å²) < 4.78 is 1.10. The largest absolute Gasteiger partial charge is 0.397 e. The Bertz CT molecular complexity index is 563. The first-order valence-corrected chi connectivity index (χ1v) is 6.86. The predicted octanol–water partition coefficient (Wildman–Crippen LogP) is 2.76. The minimum Gasteiger partial charge on any atom is -0.397 e. The minimum atomic E-state index is -0.723. The van der Waals surface area contributed by atoms with Gasteiger partial charge in [0.25, 0.3) is 0 Å². The SMILES string of the molecule is CCC(C)(O)CNc1cc2nc(C)sc2cc1N. The summed E-state index contributed by atoms with van der Waals surface area (Å²) in [6, 6.07) is 3.88. The predicted molar refractivity (Wildman–Crippen MR) is 78.2 cm³/mol. The van der Waals surface area contributed by atoms with Gasteiger partial charge in [0.05, 0.1) is 32.2 Å². The number of benzene rings is 1. The van der Waals surface area contributed by atoms with Gasteiger partial charge in [0.2, 0.25) is 0 Å². The van der Waals surface area contributed by atoms with Crippen LogP contribution < -0.4 is 11.1 Å². The van der Waals surface area contributed by atoms with Crippen molar-refractivity contribution in [2.24, 2.45) is 0 Å². The second-order valence-electron chi connectivity index (χ2n) is 4.84. The molecule has 2 aromatic rings. The Morgan fingerprint density at radius 2 is 2.22 bits per heavy atom. The monoisotopic (exact) mass is 265 g/mol. The number of nitrogens with two attached hydrogens (primary N) is 1. The van der Waals surface area contributed by atoms with Crippen molar-refractivity contribution >= 4 is 32.9 Å². The molecular weight excluding hydrogens is 246 g/mol. The molecule has 0 fully saturated rings. The van der Waals surface area contributed by atoms with E-state index in [0.29, 0.717) is 18.7 Å². The third-order valence-electron chi connectivity index (χ3n) is 3.09. The van der Waals surface area contributed by atoms with E-state index in [-0.39, 0.29) is 0 Å². The molecule has 98 valence electrons. The smallest absolute Gasteiger partial charge is 0.0907 e. The molecule has 0 aliphatic rings. The van der Waals surface area contributed by atoms with Gasteiger partial charge in [-0.3, -0.25) is 0 Å². The average Bonchev–Trinajstić information content (AvgIpc) is 2.65. The minimum absolute atomic E-state index is 0.475. The van der Waals surface area contributed by atoms with Crippen molar-refractivity contribution < 1.29 is 5.11 Å². The van der Waals surface area contributed by atoms with Gasteiger partial charge >= 0.3 is 0 Å². The first-order chi connectivity index (χ1) is 8.41. The second kappa shape index (κ2) is 4.74. The van der Waals surface area contributed by atoms with E-state index in [1.54, 1.807) is 11.3 Å². The molecule has 1 heterocycles. The Balaban J connectivity index is 2.25. The van der Waals surface area contributed by atoms with E-state index in [2.05, 4.69) is 10.3 Å². The number of aryl methyl sites for hydroxylation is 1. The number of nitrogens with zero attached hydrogens (tertiary/aromatic N) is 1. The van der Waals surface area contributed by atoms with Crippen LogP contribution in [-0.2, 0) is 0 Å². The molecule has 5 heteroatoms. The molecule has 0 radical (unpaired) electrons. The van der Waals surface area contributed by atoms with Crippen LogP contribution in [0.3, 0.4) is 0 Å². The number of nitrogen functional groups attached to an aromatic ring is 1. The molecule has 4 nitrogen and oxygen atoms in total. The van der Waals surface area contributed by atoms with Crippen molar-refractivity contribution in [3.05, 3.63) is 17.1 Å². The zero-order valence-electron chi connectivity index (χ0n) is 10.9. The fraction of sp³-hybridized carbons (Fsp3) is 0.462. The van der Waals surface area contributed by atoms with Gasteiger partial charge in [-0.05, 0) is 32.4 Å². The Morgan fingerprint density at radius 3 is 2.89 bits per heavy atom. The van der Waals surface area contributed by atoms with Crippen molar-refractivity contribution in [2.45, 2.75) is 32.8 Å². The second-order valence-corrected chi connectivity index (χ2v) is 6.08. The molecule has 18 heavy (non-hydrogen) atoms. The molecule has 2 rings (SSSR count). The summed E-state index contributed by atoms with van der Waals surface area (Å²) in [7, 11) is 0. The van der Waals surface area contributed by atoms with Crippen LogP contribution >= 0.6 is 11.3 Å². The maximum atomic E-state index is 9.98. The van der Waals surface area contributed by atoms with Crippen LogP contribution in [0.2, 0.25) is 0 Å². The number of aromatic nitrogens is 1. The van der Waals surface area contributed by atoms with E-state index in [9.17, 15) is 5.11 Å². The van der Waals surface area contributed by atoms with Crippen LogP contribution in [0.4, 0.5) is 11.4 Å². The lowest BCUT2D eigenvalue weighted by atomic mass is 10.0. The molecule has 1 atom stereocenters. The zero-order valence-corrected chi connectivity index (χ0v) is 11.8. The Hall–Kier alpha value is -1.33. The van der Waals surface area contributed by atoms with Crippen molar-refractivity contribution in [1.29, 1.82) is 0 Å². The summed E-state index contributed by atoms with van der Waals surface area (Å²) in [4.78, 5) is 4.44. The topological polar surface area (TPSA) is 71.2 Å². The van der Waals surface area contributed by atoms with Crippen LogP contribution in [0.25, 0.3) is 10.2 Å². The Morgan fingerprint density at radius 1 is 1.50 bits per heavy atom. The number of nitrogens with one attached hydrogen (secondary N) is 1. The van der Waals surface area contributed by atoms with Gasteiger partial charge in [0, 0.05) is 6.54 Å². The molecule has 0 spiro atoms. The lowest BCUT2D eigenvalue weighted by molar-refractivity contribution is 0.0697. The maximum absolute atomic E-state index is 9.98. The molecule has 1 unspecified atom stereocenters. The summed E-state index contributed by atoms with van der Waals surface area (Å²) in [5, 5.41) is 14.2. The third kappa shape index (κ3) is 2.73. The summed E-state index contributed by atoms with van der Waals surface area (Å²) in [5.41, 5.74) is 7.76. The van der Waals surface area contributed by atoms with Gasteiger partial charge in [-0.2, -0.15) is 0 Å². The highest BCUT2D eigenvalue weighted by molar-refractivity contribution is 7.18. The number of aliphatic hydroxyl groups is 1. The van der Waals surface area contributed by atoms with Gasteiger partial charge in [-0.15, -0.1) is 11.3 Å². The summed E-state index contributed by atoms with van der Waals surface area (Å²) >= 11 is 1.63. The number of fused-ring (bicyclic) bond motifs is 1. The van der Waals surface area contributed by atoms with E-state index in [1.165, 1.54) is 0 Å². The van der Waals surface area contributed by atoms with Crippen LogP contribution in [-0.4, -0.2) is 22.2 Å². The molecule has 4 N–H and O–H groups in total. The lowest BCUT2D eigenvalue weighted by Gasteiger charge is -2.22. The summed E-state index contributed by atoms with van der Waals surface area (Å²) in [6.45, 7) is 6.22. The van der Waals surface area contributed by atoms with Crippen LogP contribution in [0.15, 0.2) is 12.1 Å². The normalized spacial score (nSPS) is 14.7. The van der Waals surface area contributed by atoms with Crippen molar-refractivity contribution in [3.63, 3.8) is 0 Å². The molecule has 0 saturated heterocycles. The molecular formula is C13H19N3OS. The maximum Gasteiger partial charge on any atom is 0.0907 e. The average molecular weight is 265 g/mol. The highest BCUT2D eigenvalue weighted by Crippen LogP contribution is 2.30. The van der Waals surface area contributed by atoms with E-state index in [1.807, 2.05) is 32.9 Å². The number of hydrogen-bond acceptors (Lipinski definition) is 5. The number of anilines is 2. The van der Waals surface area contributed by atoms with Gasteiger partial charge in [-0.1, -0.05) is 6.92 Å². The molecule has 0 aliphatic carbocycles. The van der Waals surface area contributed by atoms with Crippen molar-refractivity contribution in [2.75, 3.05) is 17.6 Å². The third-order valence-corrected chi connectivity index (χ3v) is 4.02. The van der Waals surface area contributed by atoms with E-state index >= 15 is 0 Å². The fourth-order valence-corrected chi connectivity index (χ4v) is 2.53. The highest BCUT2D eigenvalue weighted by atomic mass is 32.1. The van der Waals surface area contributed by atoms with Gasteiger partial charge in [0.1, 0.15) is 0 Å². The summed E-state index contributed by atoms with van der Waals surface area (Å²) in [6.07, 6.45) is 0.692. The quantitative estimate of drug-likeness (QED) is 0.743. The molecule has 0 aliphatic heterocycles. The number of rotatable bonds is 4. The number of hydrogen-bond donors (Lipinski definition) is 3. The standard InChI is InChI=1S/C13H19N3OS/c1-4-13(3,17)7-15-10-6-11-12(5-9(10)14)18-8(2)16-11/h5-6,15,17H,4,7,14H2,1-3H3. The van der Waals surface area contributed by atoms with Crippen LogP contribution in [0.5, 0.6) is 0 Å². The van der Waals surface area contributed by atoms with Gasteiger partial charge < -0.3 is 16.2 Å². The Kier molecular flexibility index (Phi) is 3.45. The van der Waals surface area contributed by atoms with Crippen LogP contribution in [0, 0.1) is 6.92 Å². The molecule has 0 saturated carbocycles.